The van der Waals surface area contributed by atoms with Gasteiger partial charge >= 0.3 is 0 Å². The molecule has 2 aromatic carbocycles. The van der Waals surface area contributed by atoms with E-state index >= 15 is 0 Å². The van der Waals surface area contributed by atoms with Gasteiger partial charge in [0.15, 0.2) is 0 Å². The van der Waals surface area contributed by atoms with Crippen LogP contribution in [0.1, 0.15) is 36.9 Å². The fourth-order valence-corrected chi connectivity index (χ4v) is 2.25. The minimum atomic E-state index is 0.339. The molecule has 100 valence electrons. The molecule has 0 aliphatic rings. The number of nitrogens with one attached hydrogen (secondary N) is 1. The third-order valence-electron chi connectivity index (χ3n) is 3.31. The predicted molar refractivity (Wildman–Crippen MR) is 79.0 cm³/mol. The molecule has 2 nitrogen and oxygen atoms in total. The molecule has 2 aromatic rings. The summed E-state index contributed by atoms with van der Waals surface area (Å²) >= 11 is 0. The maximum absolute atomic E-state index is 9.78. The van der Waals surface area contributed by atoms with E-state index in [1.807, 2.05) is 24.3 Å². The summed E-state index contributed by atoms with van der Waals surface area (Å²) in [7, 11) is 0. The highest BCUT2D eigenvalue weighted by Crippen LogP contribution is 2.21. The van der Waals surface area contributed by atoms with Gasteiger partial charge in [-0.1, -0.05) is 61.9 Å². The zero-order chi connectivity index (χ0) is 13.5. The number of rotatable bonds is 6. The summed E-state index contributed by atoms with van der Waals surface area (Å²) in [6.07, 6.45) is 2.23. The summed E-state index contributed by atoms with van der Waals surface area (Å²) in [6.45, 7) is 2.88. The first-order valence-corrected chi connectivity index (χ1v) is 6.86. The smallest absolute Gasteiger partial charge is 0.120 e. The molecule has 0 aliphatic heterocycles. The number of hydrogen-bond acceptors (Lipinski definition) is 2. The molecule has 1 atom stereocenters. The lowest BCUT2D eigenvalue weighted by atomic mass is 10.0. The largest absolute Gasteiger partial charge is 0.508 e. The van der Waals surface area contributed by atoms with Gasteiger partial charge in [0, 0.05) is 18.2 Å². The Morgan fingerprint density at radius 3 is 2.37 bits per heavy atom. The molecule has 2 N–H and O–H groups in total. The lowest BCUT2D eigenvalue weighted by Gasteiger charge is -2.19. The maximum atomic E-state index is 9.78. The molecule has 2 heteroatoms. The molecule has 0 radical (unpaired) electrons. The van der Waals surface area contributed by atoms with E-state index in [2.05, 4.69) is 36.5 Å². The van der Waals surface area contributed by atoms with Crippen molar-refractivity contribution in [2.45, 2.75) is 32.4 Å². The lowest BCUT2D eigenvalue weighted by molar-refractivity contribution is 0.450. The number of hydrogen-bond donors (Lipinski definition) is 2. The Morgan fingerprint density at radius 1 is 1.00 bits per heavy atom. The van der Waals surface area contributed by atoms with E-state index in [4.69, 9.17) is 0 Å². The molecule has 0 saturated carbocycles. The first kappa shape index (κ1) is 13.6. The quantitative estimate of drug-likeness (QED) is 0.817. The summed E-state index contributed by atoms with van der Waals surface area (Å²) in [6, 6.07) is 18.3. The molecule has 0 saturated heterocycles. The van der Waals surface area contributed by atoms with Crippen LogP contribution in [0.25, 0.3) is 0 Å². The van der Waals surface area contributed by atoms with Crippen LogP contribution in [0, 0.1) is 0 Å². The number of benzene rings is 2. The molecular formula is C17H21NO. The molecule has 2 rings (SSSR count). The maximum Gasteiger partial charge on any atom is 0.120 e. The summed E-state index contributed by atoms with van der Waals surface area (Å²) in [5, 5.41) is 13.3. The van der Waals surface area contributed by atoms with Gasteiger partial charge in [-0.3, -0.25) is 0 Å². The van der Waals surface area contributed by atoms with Crippen LogP contribution in [0.4, 0.5) is 0 Å². The van der Waals surface area contributed by atoms with Crippen LogP contribution in [-0.2, 0) is 6.54 Å². The van der Waals surface area contributed by atoms with Crippen molar-refractivity contribution < 1.29 is 5.11 Å². The summed E-state index contributed by atoms with van der Waals surface area (Å²) in [5.41, 5.74) is 2.25. The van der Waals surface area contributed by atoms with Crippen LogP contribution in [-0.4, -0.2) is 5.11 Å². The standard InChI is InChI=1S/C17H21NO/c1-2-8-16(14-9-4-3-5-10-14)18-13-15-11-6-7-12-17(15)19/h3-7,9-12,16,18-19H,2,8,13H2,1H3. The SMILES string of the molecule is CCCC(NCc1ccccc1O)c1ccccc1. The van der Waals surface area contributed by atoms with E-state index < -0.39 is 0 Å². The Kier molecular flexibility index (Phi) is 4.99. The highest BCUT2D eigenvalue weighted by molar-refractivity contribution is 5.31. The molecule has 0 bridgehead atoms. The summed E-state index contributed by atoms with van der Waals surface area (Å²) in [4.78, 5) is 0. The minimum absolute atomic E-state index is 0.339. The average Bonchev–Trinajstić information content (AvgIpc) is 2.46. The normalized spacial score (nSPS) is 12.3. The van der Waals surface area contributed by atoms with Crippen LogP contribution in [0.3, 0.4) is 0 Å². The number of para-hydroxylation sites is 1. The van der Waals surface area contributed by atoms with Crippen molar-refractivity contribution in [3.05, 3.63) is 65.7 Å². The molecule has 0 fully saturated rings. The molecule has 0 amide bonds. The van der Waals surface area contributed by atoms with E-state index in [9.17, 15) is 5.11 Å². The highest BCUT2D eigenvalue weighted by atomic mass is 16.3. The van der Waals surface area contributed by atoms with Gasteiger partial charge in [0.05, 0.1) is 0 Å². The second kappa shape index (κ2) is 6.95. The minimum Gasteiger partial charge on any atom is -0.508 e. The van der Waals surface area contributed by atoms with E-state index in [1.165, 1.54) is 5.56 Å². The molecule has 0 aromatic heterocycles. The van der Waals surface area contributed by atoms with Gasteiger partial charge in [0.25, 0.3) is 0 Å². The van der Waals surface area contributed by atoms with Crippen LogP contribution in [0.2, 0.25) is 0 Å². The Hall–Kier alpha value is -1.80. The number of aromatic hydroxyl groups is 1. The number of phenols is 1. The summed E-state index contributed by atoms with van der Waals surface area (Å²) in [5.74, 6) is 0.360. The predicted octanol–water partition coefficient (Wildman–Crippen LogP) is 4.02. The van der Waals surface area contributed by atoms with Crippen LogP contribution >= 0.6 is 0 Å². The van der Waals surface area contributed by atoms with Gasteiger partial charge in [-0.2, -0.15) is 0 Å². The van der Waals surface area contributed by atoms with Crippen molar-refractivity contribution in [2.24, 2.45) is 0 Å². The zero-order valence-corrected chi connectivity index (χ0v) is 11.3. The van der Waals surface area contributed by atoms with E-state index in [-0.39, 0.29) is 0 Å². The van der Waals surface area contributed by atoms with Gasteiger partial charge in [0.2, 0.25) is 0 Å². The third kappa shape index (κ3) is 3.83. The molecule has 19 heavy (non-hydrogen) atoms. The Balaban J connectivity index is 2.04. The van der Waals surface area contributed by atoms with Gasteiger partial charge in [-0.15, -0.1) is 0 Å². The Morgan fingerprint density at radius 2 is 1.68 bits per heavy atom. The van der Waals surface area contributed by atoms with Crippen molar-refractivity contribution in [3.63, 3.8) is 0 Å². The first-order chi connectivity index (χ1) is 9.31. The van der Waals surface area contributed by atoms with Crippen molar-refractivity contribution in [1.82, 2.24) is 5.32 Å². The highest BCUT2D eigenvalue weighted by Gasteiger charge is 2.10. The second-order valence-electron chi connectivity index (χ2n) is 4.76. The molecular weight excluding hydrogens is 234 g/mol. The summed E-state index contributed by atoms with van der Waals surface area (Å²) < 4.78 is 0. The molecule has 1 unspecified atom stereocenters. The van der Waals surface area contributed by atoms with Crippen molar-refractivity contribution in [1.29, 1.82) is 0 Å². The lowest BCUT2D eigenvalue weighted by Crippen LogP contribution is -2.20. The van der Waals surface area contributed by atoms with Crippen molar-refractivity contribution in [3.8, 4) is 5.75 Å². The topological polar surface area (TPSA) is 32.3 Å². The van der Waals surface area contributed by atoms with Crippen LogP contribution in [0.15, 0.2) is 54.6 Å². The van der Waals surface area contributed by atoms with Gasteiger partial charge < -0.3 is 10.4 Å². The van der Waals surface area contributed by atoms with Gasteiger partial charge in [-0.25, -0.2) is 0 Å². The average molecular weight is 255 g/mol. The van der Waals surface area contributed by atoms with Gasteiger partial charge in [-0.05, 0) is 18.1 Å². The van der Waals surface area contributed by atoms with Crippen molar-refractivity contribution in [2.75, 3.05) is 0 Å². The zero-order valence-electron chi connectivity index (χ0n) is 11.3. The monoisotopic (exact) mass is 255 g/mol. The van der Waals surface area contributed by atoms with Crippen LogP contribution in [0.5, 0.6) is 5.75 Å². The van der Waals surface area contributed by atoms with E-state index in [0.717, 1.165) is 18.4 Å². The Labute approximate surface area is 115 Å². The third-order valence-corrected chi connectivity index (χ3v) is 3.31. The molecule has 0 spiro atoms. The number of phenolic OH excluding ortho intramolecular Hbond substituents is 1. The second-order valence-corrected chi connectivity index (χ2v) is 4.76. The molecule has 0 aliphatic carbocycles. The van der Waals surface area contributed by atoms with Crippen LogP contribution < -0.4 is 5.32 Å². The van der Waals surface area contributed by atoms with Crippen molar-refractivity contribution >= 4 is 0 Å². The van der Waals surface area contributed by atoms with Gasteiger partial charge in [0.1, 0.15) is 5.75 Å². The molecule has 0 heterocycles. The fraction of sp³-hybridized carbons (Fsp3) is 0.294. The van der Waals surface area contributed by atoms with E-state index in [1.54, 1.807) is 6.07 Å². The first-order valence-electron chi connectivity index (χ1n) is 6.86. The van der Waals surface area contributed by atoms with E-state index in [0.29, 0.717) is 18.3 Å². The Bertz CT molecular complexity index is 496. The fourth-order valence-electron chi connectivity index (χ4n) is 2.25.